The normalized spacial score (nSPS) is 20.3. The second kappa shape index (κ2) is 14.3. The van der Waals surface area contributed by atoms with E-state index in [-0.39, 0.29) is 28.9 Å². The van der Waals surface area contributed by atoms with Gasteiger partial charge in [0.2, 0.25) is 0 Å². The zero-order chi connectivity index (χ0) is 46.5. The number of carbonyl (C=O) groups excluding carboxylic acids is 1. The van der Waals surface area contributed by atoms with Crippen LogP contribution in [0.2, 0.25) is 0 Å². The Hall–Kier alpha value is -6.88. The molecule has 344 valence electrons. The first-order chi connectivity index (χ1) is 32.1. The van der Waals surface area contributed by atoms with Crippen LogP contribution in [0.15, 0.2) is 81.2 Å². The molecule has 1 amide bonds. The number of ether oxygens (including phenoxy) is 1. The van der Waals surface area contributed by atoms with Crippen LogP contribution in [0.3, 0.4) is 0 Å². The molecule has 7 heterocycles. The molecule has 0 radical (unpaired) electrons. The molecule has 2 aliphatic heterocycles. The molecular formula is C50H50F2N10O5. The number of rotatable bonds is 8. The summed E-state index contributed by atoms with van der Waals surface area (Å²) < 4.78 is 50.8. The van der Waals surface area contributed by atoms with Crippen LogP contribution < -0.4 is 11.4 Å². The zero-order valence-electron chi connectivity index (χ0n) is 38.2. The number of nitrogens with zero attached hydrogens (tertiary/aromatic N) is 9. The average molecular weight is 909 g/mol. The number of benzene rings is 3. The van der Waals surface area contributed by atoms with Crippen molar-refractivity contribution in [3.05, 3.63) is 139 Å². The van der Waals surface area contributed by atoms with Gasteiger partial charge >= 0.3 is 11.4 Å². The van der Waals surface area contributed by atoms with Crippen LogP contribution >= 0.6 is 0 Å². The van der Waals surface area contributed by atoms with Crippen molar-refractivity contribution in [2.24, 2.45) is 0 Å². The molecule has 3 aromatic carbocycles. The highest BCUT2D eigenvalue weighted by molar-refractivity contribution is 6.00. The minimum atomic E-state index is -0.819. The number of amides is 1. The Morgan fingerprint density at radius 2 is 1.69 bits per heavy atom. The Morgan fingerprint density at radius 1 is 0.940 bits per heavy atom. The molecule has 1 saturated heterocycles. The number of aromatic amines is 1. The summed E-state index contributed by atoms with van der Waals surface area (Å²) in [5.74, 6) is -0.807. The minimum absolute atomic E-state index is 0.0582. The first-order valence-electron chi connectivity index (χ1n) is 23.1. The molecule has 15 nitrogen and oxygen atoms in total. The van der Waals surface area contributed by atoms with Crippen LogP contribution in [0, 0.1) is 25.5 Å². The second-order valence-electron chi connectivity index (χ2n) is 19.8. The summed E-state index contributed by atoms with van der Waals surface area (Å²) in [6, 6.07) is 14.5. The van der Waals surface area contributed by atoms with Gasteiger partial charge in [0.05, 0.1) is 45.8 Å². The van der Waals surface area contributed by atoms with Gasteiger partial charge < -0.3 is 14.2 Å². The molecule has 67 heavy (non-hydrogen) atoms. The number of fused-ring (bicyclic) bond motifs is 4. The Morgan fingerprint density at radius 3 is 2.37 bits per heavy atom. The average Bonchev–Trinajstić information content (AvgIpc) is 3.87. The first kappa shape index (κ1) is 41.5. The van der Waals surface area contributed by atoms with Crippen LogP contribution in [0.4, 0.5) is 8.78 Å². The number of nitrogens with one attached hydrogen (secondary N) is 1. The fourth-order valence-corrected chi connectivity index (χ4v) is 11.3. The highest BCUT2D eigenvalue weighted by Crippen LogP contribution is 2.57. The predicted molar refractivity (Wildman–Crippen MR) is 245 cm³/mol. The standard InChI is InChI=1S/C50H50F2N10O5/c1-7-60-36-10-11-37(41(52)34(36)25-53-60)57-17-18-58(47(57)65)43-39-29(4)59(26-49(13-14-49)42(39)55-62(43)33-20-27(2)40(51)28(3)21-33)44(63)38-23-32-22-30(31-12-19-66-48(5,6)24-31)8-9-35(32)61(38)50(15-16-50)45-54-46(64)67-56-45/h8-11,17-18,20-23,25,29,31H,7,12-16,19,24,26H2,1-6H3,(H,54,56,64)/t29-,31-/m0/s1. The molecule has 0 bridgehead atoms. The van der Waals surface area contributed by atoms with Crippen LogP contribution in [-0.4, -0.2) is 73.0 Å². The van der Waals surface area contributed by atoms with E-state index in [0.29, 0.717) is 83.2 Å². The monoisotopic (exact) mass is 908 g/mol. The summed E-state index contributed by atoms with van der Waals surface area (Å²) in [5, 5.41) is 15.0. The number of halogens is 2. The molecular weight excluding hydrogens is 859 g/mol. The molecule has 3 fully saturated rings. The largest absolute Gasteiger partial charge is 0.438 e. The van der Waals surface area contributed by atoms with Gasteiger partial charge in [0.25, 0.3) is 5.91 Å². The number of hydrogen-bond acceptors (Lipinski definition) is 8. The summed E-state index contributed by atoms with van der Waals surface area (Å²) in [6.45, 7) is 13.1. The van der Waals surface area contributed by atoms with E-state index in [2.05, 4.69) is 47.3 Å². The maximum atomic E-state index is 16.4. The minimum Gasteiger partial charge on any atom is -0.376 e. The third-order valence-corrected chi connectivity index (χ3v) is 15.1. The van der Waals surface area contributed by atoms with Gasteiger partial charge in [-0.25, -0.2) is 23.1 Å². The highest BCUT2D eigenvalue weighted by Gasteiger charge is 2.57. The number of aromatic nitrogens is 9. The van der Waals surface area contributed by atoms with Gasteiger partial charge in [-0.3, -0.25) is 28.1 Å². The number of aryl methyl sites for hydroxylation is 3. The van der Waals surface area contributed by atoms with E-state index in [0.717, 1.165) is 42.3 Å². The summed E-state index contributed by atoms with van der Waals surface area (Å²) in [5.41, 5.74) is 3.75. The lowest BCUT2D eigenvalue weighted by molar-refractivity contribution is -0.0592. The number of imidazole rings is 1. The SMILES string of the molecule is CCn1ncc2c(F)c(-n3ccn(-c4c5c(nn4-c4cc(C)c(F)c(C)c4)C4(CC4)CN(C(=O)c4cc6cc([C@H]7CCOC(C)(C)C7)ccc6n4C4(c6noc(=O)[nH]6)CC4)[C@H]5C)c3=O)ccc21. The van der Waals surface area contributed by atoms with Gasteiger partial charge in [-0.15, -0.1) is 0 Å². The van der Waals surface area contributed by atoms with Crippen LogP contribution in [0.5, 0.6) is 0 Å². The van der Waals surface area contributed by atoms with Gasteiger partial charge in [0.1, 0.15) is 22.9 Å². The Kier molecular flexibility index (Phi) is 8.87. The topological polar surface area (TPSA) is 156 Å². The van der Waals surface area contributed by atoms with Crippen molar-refractivity contribution in [1.29, 1.82) is 0 Å². The molecule has 1 spiro atoms. The quantitative estimate of drug-likeness (QED) is 0.160. The Bertz CT molecular complexity index is 3480. The van der Waals surface area contributed by atoms with Crippen molar-refractivity contribution >= 4 is 27.7 Å². The summed E-state index contributed by atoms with van der Waals surface area (Å²) in [6.07, 6.45) is 9.08. The molecule has 12 rings (SSSR count). The lowest BCUT2D eigenvalue weighted by atomic mass is 9.83. The van der Waals surface area contributed by atoms with E-state index >= 15 is 13.6 Å². The van der Waals surface area contributed by atoms with E-state index in [4.69, 9.17) is 14.4 Å². The molecule has 2 saturated carbocycles. The van der Waals surface area contributed by atoms with Gasteiger partial charge in [-0.1, -0.05) is 11.2 Å². The van der Waals surface area contributed by atoms with Gasteiger partial charge in [-0.05, 0) is 145 Å². The van der Waals surface area contributed by atoms with Crippen molar-refractivity contribution in [2.45, 2.75) is 115 Å². The molecule has 8 aromatic rings. The highest BCUT2D eigenvalue weighted by atomic mass is 19.1. The fraction of sp³-hybridized carbons (Fsp3) is 0.400. The molecule has 0 unspecified atom stereocenters. The van der Waals surface area contributed by atoms with E-state index in [1.54, 1.807) is 53.7 Å². The van der Waals surface area contributed by atoms with Crippen molar-refractivity contribution in [3.63, 3.8) is 0 Å². The van der Waals surface area contributed by atoms with Crippen molar-refractivity contribution in [2.75, 3.05) is 13.2 Å². The summed E-state index contributed by atoms with van der Waals surface area (Å²) in [7, 11) is 0. The molecule has 2 atom stereocenters. The molecule has 5 aromatic heterocycles. The number of H-pyrrole nitrogens is 1. The van der Waals surface area contributed by atoms with Crippen LogP contribution in [-0.2, 0) is 22.2 Å². The van der Waals surface area contributed by atoms with E-state index in [1.807, 2.05) is 29.4 Å². The number of carbonyl (C=O) groups is 1. The van der Waals surface area contributed by atoms with Crippen molar-refractivity contribution in [1.82, 2.24) is 48.3 Å². The van der Waals surface area contributed by atoms with Crippen molar-refractivity contribution < 1.29 is 22.8 Å². The summed E-state index contributed by atoms with van der Waals surface area (Å²) >= 11 is 0. The second-order valence-corrected chi connectivity index (χ2v) is 19.8. The van der Waals surface area contributed by atoms with Gasteiger partial charge in [-0.2, -0.15) is 10.2 Å². The van der Waals surface area contributed by atoms with Crippen LogP contribution in [0.25, 0.3) is 39.0 Å². The zero-order valence-corrected chi connectivity index (χ0v) is 38.2. The lowest BCUT2D eigenvalue weighted by Gasteiger charge is -2.38. The maximum absolute atomic E-state index is 16.4. The summed E-state index contributed by atoms with van der Waals surface area (Å²) in [4.78, 5) is 47.7. The first-order valence-corrected chi connectivity index (χ1v) is 23.1. The Balaban J connectivity index is 1.02. The fourth-order valence-electron chi connectivity index (χ4n) is 11.3. The third-order valence-electron chi connectivity index (χ3n) is 15.1. The predicted octanol–water partition coefficient (Wildman–Crippen LogP) is 8.17. The van der Waals surface area contributed by atoms with Gasteiger partial charge in [0, 0.05) is 54.0 Å². The van der Waals surface area contributed by atoms with E-state index < -0.39 is 34.3 Å². The van der Waals surface area contributed by atoms with Crippen LogP contribution in [0.1, 0.15) is 122 Å². The smallest absolute Gasteiger partial charge is 0.376 e. The lowest BCUT2D eigenvalue weighted by Crippen LogP contribution is -2.45. The third kappa shape index (κ3) is 6.15. The van der Waals surface area contributed by atoms with E-state index in [1.165, 1.54) is 27.1 Å². The Labute approximate surface area is 382 Å². The molecule has 1 N–H and O–H groups in total. The molecule has 4 aliphatic rings. The van der Waals surface area contributed by atoms with E-state index in [9.17, 15) is 9.59 Å². The molecule has 2 aliphatic carbocycles. The molecule has 17 heteroatoms. The van der Waals surface area contributed by atoms with Crippen molar-refractivity contribution in [3.8, 4) is 17.2 Å². The van der Waals surface area contributed by atoms with Gasteiger partial charge in [0.15, 0.2) is 11.6 Å². The number of hydrogen-bond donors (Lipinski definition) is 1. The maximum Gasteiger partial charge on any atom is 0.438 e.